The van der Waals surface area contributed by atoms with E-state index >= 15 is 0 Å². The molecule has 8 heteroatoms. The van der Waals surface area contributed by atoms with E-state index < -0.39 is 6.04 Å². The van der Waals surface area contributed by atoms with Crippen LogP contribution in [0.3, 0.4) is 0 Å². The van der Waals surface area contributed by atoms with Crippen molar-refractivity contribution in [2.45, 2.75) is 63.6 Å². The average molecular weight is 536 g/mol. The Kier molecular flexibility index (Phi) is 9.18. The molecule has 1 aliphatic carbocycles. The van der Waals surface area contributed by atoms with Crippen LogP contribution in [0.5, 0.6) is 0 Å². The summed E-state index contributed by atoms with van der Waals surface area (Å²) in [6.07, 6.45) is 7.82. The molecule has 2 aliphatic heterocycles. The third kappa shape index (κ3) is 6.91. The summed E-state index contributed by atoms with van der Waals surface area (Å²) in [4.78, 5) is 15.9. The van der Waals surface area contributed by atoms with Crippen molar-refractivity contribution in [2.75, 3.05) is 39.4 Å². The van der Waals surface area contributed by atoms with Crippen molar-refractivity contribution in [3.05, 3.63) is 57.6 Å². The molecule has 3 aliphatic rings. The van der Waals surface area contributed by atoms with Gasteiger partial charge in [-0.2, -0.15) is 0 Å². The van der Waals surface area contributed by atoms with Crippen molar-refractivity contribution in [1.82, 2.24) is 15.5 Å². The molecule has 2 heterocycles. The number of halogens is 2. The molecule has 0 spiro atoms. The van der Waals surface area contributed by atoms with Crippen molar-refractivity contribution < 1.29 is 9.53 Å². The monoisotopic (exact) mass is 534 g/mol. The van der Waals surface area contributed by atoms with Crippen LogP contribution in [0.15, 0.2) is 41.5 Å². The highest BCUT2D eigenvalue weighted by molar-refractivity contribution is 6.31. The van der Waals surface area contributed by atoms with E-state index in [2.05, 4.69) is 54.5 Å². The van der Waals surface area contributed by atoms with Gasteiger partial charge in [0.05, 0.1) is 19.3 Å². The van der Waals surface area contributed by atoms with Gasteiger partial charge in [-0.15, -0.1) is 0 Å². The van der Waals surface area contributed by atoms with E-state index in [9.17, 15) is 4.79 Å². The van der Waals surface area contributed by atoms with E-state index in [1.54, 1.807) is 0 Å². The molecule has 0 bridgehead atoms. The summed E-state index contributed by atoms with van der Waals surface area (Å²) >= 11 is 12.9. The van der Waals surface area contributed by atoms with Gasteiger partial charge in [0.15, 0.2) is 0 Å². The van der Waals surface area contributed by atoms with Gasteiger partial charge in [0, 0.05) is 60.2 Å². The molecular formula is C28H40Cl2N4O2. The Morgan fingerprint density at radius 2 is 1.97 bits per heavy atom. The molecule has 0 radical (unpaired) electrons. The number of nitrogens with one attached hydrogen (secondary N) is 2. The summed E-state index contributed by atoms with van der Waals surface area (Å²) in [5.41, 5.74) is 9.19. The molecule has 5 unspecified atom stereocenters. The molecule has 4 rings (SSSR count). The number of allylic oxidation sites excluding steroid dienone is 4. The molecule has 2 saturated heterocycles. The number of morpholine rings is 1. The second-order valence-corrected chi connectivity index (χ2v) is 12.3. The maximum absolute atomic E-state index is 13.6. The number of benzene rings is 1. The van der Waals surface area contributed by atoms with Crippen molar-refractivity contribution in [1.29, 1.82) is 0 Å². The molecule has 198 valence electrons. The lowest BCUT2D eigenvalue weighted by Crippen LogP contribution is -2.48. The molecule has 6 nitrogen and oxygen atoms in total. The molecule has 0 saturated carbocycles. The van der Waals surface area contributed by atoms with Crippen LogP contribution in [0, 0.1) is 5.41 Å². The van der Waals surface area contributed by atoms with Crippen LogP contribution in [-0.4, -0.2) is 68.3 Å². The predicted octanol–water partition coefficient (Wildman–Crippen LogP) is 4.14. The van der Waals surface area contributed by atoms with Crippen LogP contribution in [0.25, 0.3) is 0 Å². The van der Waals surface area contributed by atoms with Gasteiger partial charge in [0.25, 0.3) is 0 Å². The highest BCUT2D eigenvalue weighted by Gasteiger charge is 2.47. The first-order valence-corrected chi connectivity index (χ1v) is 13.8. The minimum atomic E-state index is -0.437. The normalized spacial score (nSPS) is 29.3. The van der Waals surface area contributed by atoms with E-state index in [0.717, 1.165) is 61.8 Å². The number of nitrogens with two attached hydrogens (primary N) is 1. The second kappa shape index (κ2) is 12.0. The number of hydrogen-bond donors (Lipinski definition) is 3. The molecule has 1 aromatic carbocycles. The minimum Gasteiger partial charge on any atom is -0.379 e. The number of ether oxygens (including phenoxy) is 1. The van der Waals surface area contributed by atoms with Gasteiger partial charge < -0.3 is 21.1 Å². The lowest BCUT2D eigenvalue weighted by molar-refractivity contribution is -0.123. The van der Waals surface area contributed by atoms with Crippen LogP contribution >= 0.6 is 23.2 Å². The fourth-order valence-corrected chi connectivity index (χ4v) is 6.12. The second-order valence-electron chi connectivity index (χ2n) is 11.4. The van der Waals surface area contributed by atoms with E-state index in [4.69, 9.17) is 33.7 Å². The number of amides is 1. The summed E-state index contributed by atoms with van der Waals surface area (Å²) in [6.45, 7) is 11.3. The van der Waals surface area contributed by atoms with Gasteiger partial charge in [-0.05, 0) is 47.6 Å². The SMILES string of the molecule is CC(C)(C)CC1NC(C(=O)NCCN2CCOCC2)C(c2cc(Cl)ccc2C2C=C(Cl)C=CC2)C1N. The van der Waals surface area contributed by atoms with E-state index in [1.807, 2.05) is 18.2 Å². The standard InChI is InChI=1S/C28H40Cl2N4O2/c1-28(2,3)17-23-25(31)24(26(33-23)27(35)32-9-10-34-11-13-36-14-12-34)22-16-20(30)7-8-21(22)18-5-4-6-19(29)15-18/h4,6-8,15-16,18,23-26,33H,5,9-14,17,31H2,1-3H3,(H,32,35). The molecule has 5 atom stereocenters. The van der Waals surface area contributed by atoms with Gasteiger partial charge in [-0.3, -0.25) is 9.69 Å². The number of carbonyl (C=O) groups is 1. The van der Waals surface area contributed by atoms with Gasteiger partial charge in [-0.1, -0.05) is 62.2 Å². The Morgan fingerprint density at radius 1 is 1.22 bits per heavy atom. The molecule has 0 aromatic heterocycles. The van der Waals surface area contributed by atoms with Crippen LogP contribution in [0.4, 0.5) is 0 Å². The summed E-state index contributed by atoms with van der Waals surface area (Å²) in [5, 5.41) is 8.18. The van der Waals surface area contributed by atoms with Crippen LogP contribution < -0.4 is 16.4 Å². The molecular weight excluding hydrogens is 495 g/mol. The first-order valence-electron chi connectivity index (χ1n) is 13.0. The van der Waals surface area contributed by atoms with Crippen molar-refractivity contribution >= 4 is 29.1 Å². The average Bonchev–Trinajstić information content (AvgIpc) is 3.14. The summed E-state index contributed by atoms with van der Waals surface area (Å²) in [7, 11) is 0. The molecule has 36 heavy (non-hydrogen) atoms. The Morgan fingerprint density at radius 3 is 2.67 bits per heavy atom. The highest BCUT2D eigenvalue weighted by atomic mass is 35.5. The first kappa shape index (κ1) is 27.6. The number of carbonyl (C=O) groups excluding carboxylic acids is 1. The third-order valence-corrected chi connectivity index (χ3v) is 7.90. The number of nitrogens with zero attached hydrogens (tertiary/aromatic N) is 1. The lowest BCUT2D eigenvalue weighted by Gasteiger charge is -2.29. The van der Waals surface area contributed by atoms with Crippen LogP contribution in [-0.2, 0) is 9.53 Å². The topological polar surface area (TPSA) is 79.6 Å². The third-order valence-electron chi connectivity index (χ3n) is 7.41. The fourth-order valence-electron chi connectivity index (χ4n) is 5.70. The zero-order chi connectivity index (χ0) is 25.9. The Hall–Kier alpha value is -1.41. The van der Waals surface area contributed by atoms with Gasteiger partial charge in [0.2, 0.25) is 5.91 Å². The minimum absolute atomic E-state index is 0.0110. The zero-order valence-corrected chi connectivity index (χ0v) is 23.1. The van der Waals surface area contributed by atoms with E-state index in [0.29, 0.717) is 11.6 Å². The first-order chi connectivity index (χ1) is 17.1. The number of rotatable bonds is 7. The smallest absolute Gasteiger partial charge is 0.237 e. The number of hydrogen-bond acceptors (Lipinski definition) is 5. The van der Waals surface area contributed by atoms with Gasteiger partial charge >= 0.3 is 0 Å². The molecule has 4 N–H and O–H groups in total. The largest absolute Gasteiger partial charge is 0.379 e. The summed E-state index contributed by atoms with van der Waals surface area (Å²) in [6, 6.07) is 5.33. The van der Waals surface area contributed by atoms with E-state index in [-0.39, 0.29) is 35.2 Å². The van der Waals surface area contributed by atoms with E-state index in [1.165, 1.54) is 0 Å². The summed E-state index contributed by atoms with van der Waals surface area (Å²) in [5.74, 6) is -0.0932. The summed E-state index contributed by atoms with van der Waals surface area (Å²) < 4.78 is 5.43. The fraction of sp³-hybridized carbons (Fsp3) is 0.607. The lowest BCUT2D eigenvalue weighted by atomic mass is 9.77. The predicted molar refractivity (Wildman–Crippen MR) is 148 cm³/mol. The quantitative estimate of drug-likeness (QED) is 0.489. The Bertz CT molecular complexity index is 984. The van der Waals surface area contributed by atoms with Crippen molar-refractivity contribution in [2.24, 2.45) is 11.1 Å². The zero-order valence-electron chi connectivity index (χ0n) is 21.6. The van der Waals surface area contributed by atoms with Crippen LogP contribution in [0.2, 0.25) is 5.02 Å². The van der Waals surface area contributed by atoms with Gasteiger partial charge in [0.1, 0.15) is 0 Å². The maximum atomic E-state index is 13.6. The molecule has 2 fully saturated rings. The molecule has 1 aromatic rings. The van der Waals surface area contributed by atoms with Crippen molar-refractivity contribution in [3.8, 4) is 0 Å². The van der Waals surface area contributed by atoms with Crippen LogP contribution in [0.1, 0.15) is 56.6 Å². The molecule has 1 amide bonds. The van der Waals surface area contributed by atoms with Gasteiger partial charge in [-0.25, -0.2) is 0 Å². The Labute approximate surface area is 225 Å². The maximum Gasteiger partial charge on any atom is 0.237 e. The Balaban J connectivity index is 1.60. The highest BCUT2D eigenvalue weighted by Crippen LogP contribution is 2.41. The van der Waals surface area contributed by atoms with Crippen molar-refractivity contribution in [3.63, 3.8) is 0 Å².